The van der Waals surface area contributed by atoms with Gasteiger partial charge >= 0.3 is 0 Å². The van der Waals surface area contributed by atoms with Gasteiger partial charge in [-0.1, -0.05) is 30.3 Å². The lowest BCUT2D eigenvalue weighted by atomic mass is 9.95. The summed E-state index contributed by atoms with van der Waals surface area (Å²) in [5.41, 5.74) is 1.11. The Morgan fingerprint density at radius 2 is 1.87 bits per heavy atom. The molecule has 2 rings (SSSR count). The van der Waals surface area contributed by atoms with Crippen LogP contribution in [0.2, 0.25) is 0 Å². The smallest absolute Gasteiger partial charge is 0.152 e. The summed E-state index contributed by atoms with van der Waals surface area (Å²) in [5.74, 6) is 0.618. The third kappa shape index (κ3) is 2.21. The first-order chi connectivity index (χ1) is 7.12. The Kier molecular flexibility index (Phi) is 2.80. The summed E-state index contributed by atoms with van der Waals surface area (Å²) in [6.45, 7) is 0. The van der Waals surface area contributed by atoms with Crippen molar-refractivity contribution in [3.63, 3.8) is 0 Å². The highest BCUT2D eigenvalue weighted by molar-refractivity contribution is 7.91. The standard InChI is InChI=1S/C11H15NO2S/c1-12-11-8-15(13,14)7-10(11)9-5-3-2-4-6-9/h2-6,10-12H,7-8H2,1H3/t10-,11-/m0/s1. The van der Waals surface area contributed by atoms with E-state index in [0.29, 0.717) is 0 Å². The number of sulfone groups is 1. The maximum atomic E-state index is 11.5. The van der Waals surface area contributed by atoms with Crippen molar-refractivity contribution in [2.24, 2.45) is 0 Å². The predicted octanol–water partition coefficient (Wildman–Crippen LogP) is 0.787. The Hall–Kier alpha value is -0.870. The molecule has 0 radical (unpaired) electrons. The summed E-state index contributed by atoms with van der Waals surface area (Å²) < 4.78 is 23.1. The van der Waals surface area contributed by atoms with Gasteiger partial charge in [-0.2, -0.15) is 0 Å². The Bertz CT molecular complexity index is 427. The second-order valence-electron chi connectivity index (χ2n) is 3.99. The summed E-state index contributed by atoms with van der Waals surface area (Å²) in [4.78, 5) is 0. The van der Waals surface area contributed by atoms with E-state index in [4.69, 9.17) is 0 Å². The molecule has 1 heterocycles. The van der Waals surface area contributed by atoms with E-state index < -0.39 is 9.84 Å². The largest absolute Gasteiger partial charge is 0.315 e. The van der Waals surface area contributed by atoms with Crippen molar-refractivity contribution in [3.8, 4) is 0 Å². The monoisotopic (exact) mass is 225 g/mol. The minimum absolute atomic E-state index is 0.0531. The molecule has 82 valence electrons. The minimum atomic E-state index is -2.87. The van der Waals surface area contributed by atoms with Crippen LogP contribution in [-0.4, -0.2) is 33.0 Å². The average Bonchev–Trinajstić information content (AvgIpc) is 2.55. The fraction of sp³-hybridized carbons (Fsp3) is 0.455. The van der Waals surface area contributed by atoms with Crippen molar-refractivity contribution in [2.45, 2.75) is 12.0 Å². The van der Waals surface area contributed by atoms with Crippen LogP contribution in [0.25, 0.3) is 0 Å². The van der Waals surface area contributed by atoms with Gasteiger partial charge in [-0.25, -0.2) is 8.42 Å². The van der Waals surface area contributed by atoms with Crippen molar-refractivity contribution in [3.05, 3.63) is 35.9 Å². The number of hydrogen-bond acceptors (Lipinski definition) is 3. The third-order valence-corrected chi connectivity index (χ3v) is 4.69. The summed E-state index contributed by atoms with van der Waals surface area (Å²) in [6, 6.07) is 9.89. The van der Waals surface area contributed by atoms with Crippen LogP contribution in [0.15, 0.2) is 30.3 Å². The van der Waals surface area contributed by atoms with E-state index in [2.05, 4.69) is 5.32 Å². The van der Waals surface area contributed by atoms with Crippen LogP contribution in [0.4, 0.5) is 0 Å². The Labute approximate surface area is 90.4 Å². The van der Waals surface area contributed by atoms with Gasteiger partial charge in [0, 0.05) is 12.0 Å². The number of rotatable bonds is 2. The van der Waals surface area contributed by atoms with Gasteiger partial charge in [0.05, 0.1) is 11.5 Å². The second-order valence-corrected chi connectivity index (χ2v) is 6.14. The zero-order valence-corrected chi connectivity index (χ0v) is 9.50. The zero-order valence-electron chi connectivity index (χ0n) is 8.68. The van der Waals surface area contributed by atoms with Crippen molar-refractivity contribution in [1.82, 2.24) is 5.32 Å². The topological polar surface area (TPSA) is 46.2 Å². The van der Waals surface area contributed by atoms with Crippen LogP contribution in [-0.2, 0) is 9.84 Å². The van der Waals surface area contributed by atoms with E-state index in [1.165, 1.54) is 0 Å². The van der Waals surface area contributed by atoms with Crippen LogP contribution in [0.1, 0.15) is 11.5 Å². The molecule has 1 saturated heterocycles. The van der Waals surface area contributed by atoms with Crippen molar-refractivity contribution in [2.75, 3.05) is 18.6 Å². The molecule has 1 aromatic rings. The van der Waals surface area contributed by atoms with Gasteiger partial charge in [0.15, 0.2) is 9.84 Å². The highest BCUT2D eigenvalue weighted by Crippen LogP contribution is 2.28. The fourth-order valence-electron chi connectivity index (χ4n) is 2.16. The highest BCUT2D eigenvalue weighted by Gasteiger charge is 2.37. The first-order valence-electron chi connectivity index (χ1n) is 5.05. The van der Waals surface area contributed by atoms with E-state index >= 15 is 0 Å². The lowest BCUT2D eigenvalue weighted by Gasteiger charge is -2.17. The van der Waals surface area contributed by atoms with Crippen molar-refractivity contribution < 1.29 is 8.42 Å². The number of likely N-dealkylation sites (N-methyl/N-ethyl adjacent to an activating group) is 1. The molecule has 3 nitrogen and oxygen atoms in total. The lowest BCUT2D eigenvalue weighted by Crippen LogP contribution is -2.31. The Balaban J connectivity index is 2.30. The molecule has 15 heavy (non-hydrogen) atoms. The molecule has 2 atom stereocenters. The van der Waals surface area contributed by atoms with Crippen molar-refractivity contribution >= 4 is 9.84 Å². The first-order valence-corrected chi connectivity index (χ1v) is 6.87. The lowest BCUT2D eigenvalue weighted by molar-refractivity contribution is 0.555. The van der Waals surface area contributed by atoms with Crippen molar-refractivity contribution in [1.29, 1.82) is 0 Å². The molecule has 0 aromatic heterocycles. The molecule has 1 N–H and O–H groups in total. The van der Waals surface area contributed by atoms with Crippen LogP contribution in [0.5, 0.6) is 0 Å². The van der Waals surface area contributed by atoms with Crippen LogP contribution < -0.4 is 5.32 Å². The van der Waals surface area contributed by atoms with Crippen LogP contribution >= 0.6 is 0 Å². The van der Waals surface area contributed by atoms with Gasteiger partial charge in [0.25, 0.3) is 0 Å². The van der Waals surface area contributed by atoms with Crippen LogP contribution in [0, 0.1) is 0 Å². The fourth-order valence-corrected chi connectivity index (χ4v) is 4.21. The number of hydrogen-bond donors (Lipinski definition) is 1. The maximum absolute atomic E-state index is 11.5. The molecule has 0 amide bonds. The van der Waals surface area contributed by atoms with E-state index in [1.54, 1.807) is 0 Å². The normalized spacial score (nSPS) is 29.1. The number of benzene rings is 1. The van der Waals surface area contributed by atoms with E-state index in [9.17, 15) is 8.42 Å². The molecule has 0 unspecified atom stereocenters. The molecule has 4 heteroatoms. The molecular formula is C11H15NO2S. The molecule has 1 fully saturated rings. The molecule has 1 aliphatic heterocycles. The molecule has 1 aliphatic rings. The van der Waals surface area contributed by atoms with Gasteiger partial charge in [-0.05, 0) is 12.6 Å². The highest BCUT2D eigenvalue weighted by atomic mass is 32.2. The predicted molar refractivity (Wildman–Crippen MR) is 60.7 cm³/mol. The Morgan fingerprint density at radius 1 is 1.20 bits per heavy atom. The van der Waals surface area contributed by atoms with E-state index in [-0.39, 0.29) is 23.5 Å². The maximum Gasteiger partial charge on any atom is 0.152 e. The minimum Gasteiger partial charge on any atom is -0.315 e. The molecule has 1 aromatic carbocycles. The van der Waals surface area contributed by atoms with Gasteiger partial charge in [0.1, 0.15) is 0 Å². The van der Waals surface area contributed by atoms with Gasteiger partial charge in [-0.3, -0.25) is 0 Å². The SMILES string of the molecule is CN[C@H]1CS(=O)(=O)C[C@H]1c1ccccc1. The summed E-state index contributed by atoms with van der Waals surface area (Å²) >= 11 is 0. The first kappa shape index (κ1) is 10.6. The van der Waals surface area contributed by atoms with E-state index in [1.807, 2.05) is 37.4 Å². The van der Waals surface area contributed by atoms with Crippen LogP contribution in [0.3, 0.4) is 0 Å². The zero-order chi connectivity index (χ0) is 10.9. The average molecular weight is 225 g/mol. The molecule has 0 bridgehead atoms. The molecule has 0 spiro atoms. The molecule has 0 saturated carbocycles. The molecular weight excluding hydrogens is 210 g/mol. The van der Waals surface area contributed by atoms with Gasteiger partial charge in [0.2, 0.25) is 0 Å². The summed E-state index contributed by atoms with van der Waals surface area (Å²) in [5, 5.41) is 3.09. The van der Waals surface area contributed by atoms with E-state index in [0.717, 1.165) is 5.56 Å². The van der Waals surface area contributed by atoms with Gasteiger partial charge < -0.3 is 5.32 Å². The summed E-state index contributed by atoms with van der Waals surface area (Å²) in [6.07, 6.45) is 0. The van der Waals surface area contributed by atoms with Gasteiger partial charge in [-0.15, -0.1) is 0 Å². The quantitative estimate of drug-likeness (QED) is 0.809. The Morgan fingerprint density at radius 3 is 2.47 bits per heavy atom. The molecule has 0 aliphatic carbocycles. The summed E-state index contributed by atoms with van der Waals surface area (Å²) in [7, 11) is -1.05. The third-order valence-electron chi connectivity index (χ3n) is 2.95. The number of nitrogens with one attached hydrogen (secondary N) is 1. The second kappa shape index (κ2) is 3.94.